The molecule has 0 bridgehead atoms. The second kappa shape index (κ2) is 22.6. The summed E-state index contributed by atoms with van der Waals surface area (Å²) >= 11 is 0. The van der Waals surface area contributed by atoms with E-state index in [-0.39, 0.29) is 26.4 Å². The van der Waals surface area contributed by atoms with Gasteiger partial charge in [0.1, 0.15) is 6.10 Å². The average molecular weight is 198 g/mol. The molecular formula is C8H22O5. The highest BCUT2D eigenvalue weighted by atomic mass is 16.3. The third kappa shape index (κ3) is 49.2. The van der Waals surface area contributed by atoms with Crippen molar-refractivity contribution in [2.75, 3.05) is 26.4 Å². The van der Waals surface area contributed by atoms with Gasteiger partial charge in [0.25, 0.3) is 0 Å². The lowest BCUT2D eigenvalue weighted by Crippen LogP contribution is -2.15. The van der Waals surface area contributed by atoms with Gasteiger partial charge in [-0.15, -0.1) is 0 Å². The zero-order valence-electron chi connectivity index (χ0n) is 8.35. The van der Waals surface area contributed by atoms with E-state index >= 15 is 0 Å². The minimum Gasteiger partial charge on any atom is -0.394 e. The van der Waals surface area contributed by atoms with E-state index in [1.165, 1.54) is 6.42 Å². The average Bonchev–Trinajstić information content (AvgIpc) is 2.18. The topological polar surface area (TPSA) is 101 Å². The molecule has 0 aliphatic carbocycles. The fourth-order valence-corrected chi connectivity index (χ4v) is 0.0577. The Morgan fingerprint density at radius 1 is 0.846 bits per heavy atom. The van der Waals surface area contributed by atoms with Crippen molar-refractivity contribution in [3.05, 3.63) is 0 Å². The van der Waals surface area contributed by atoms with Gasteiger partial charge in [-0.3, -0.25) is 0 Å². The molecular weight excluding hydrogens is 176 g/mol. The molecule has 84 valence electrons. The maximum Gasteiger partial charge on any atom is 0.100 e. The summed E-state index contributed by atoms with van der Waals surface area (Å²) in [5, 5.41) is 39.3. The first-order valence-electron chi connectivity index (χ1n) is 4.25. The minimum atomic E-state index is -0.954. The fraction of sp³-hybridized carbons (Fsp3) is 1.00. The third-order valence-electron chi connectivity index (χ3n) is 0.521. The van der Waals surface area contributed by atoms with Gasteiger partial charge in [-0.25, -0.2) is 0 Å². The summed E-state index contributed by atoms with van der Waals surface area (Å²) in [6.07, 6.45) is 0.296. The Labute approximate surface area is 79.3 Å². The van der Waals surface area contributed by atoms with Crippen molar-refractivity contribution >= 4 is 0 Å². The van der Waals surface area contributed by atoms with Crippen molar-refractivity contribution in [1.82, 2.24) is 0 Å². The quantitative estimate of drug-likeness (QED) is 0.389. The molecule has 0 rings (SSSR count). The van der Waals surface area contributed by atoms with Gasteiger partial charge in [0.2, 0.25) is 0 Å². The van der Waals surface area contributed by atoms with Crippen LogP contribution in [0.15, 0.2) is 0 Å². The number of aliphatic hydroxyl groups excluding tert-OH is 5. The van der Waals surface area contributed by atoms with Crippen molar-refractivity contribution in [2.24, 2.45) is 0 Å². The molecule has 5 N–H and O–H groups in total. The van der Waals surface area contributed by atoms with E-state index < -0.39 is 6.10 Å². The summed E-state index contributed by atoms with van der Waals surface area (Å²) < 4.78 is 0. The normalized spacial score (nSPS) is 8.31. The van der Waals surface area contributed by atoms with Crippen molar-refractivity contribution in [3.63, 3.8) is 0 Å². The molecule has 0 atom stereocenters. The van der Waals surface area contributed by atoms with Gasteiger partial charge >= 0.3 is 0 Å². The lowest BCUT2D eigenvalue weighted by Gasteiger charge is -1.96. The molecule has 0 aromatic heterocycles. The predicted octanol–water partition coefficient (Wildman–Crippen LogP) is -1.28. The van der Waals surface area contributed by atoms with Crippen LogP contribution >= 0.6 is 0 Å². The SMILES string of the molecule is CCC.OCC(O)CO.OCCO. The van der Waals surface area contributed by atoms with Gasteiger partial charge in [-0.05, 0) is 0 Å². The Hall–Kier alpha value is -0.200. The second-order valence-electron chi connectivity index (χ2n) is 2.17. The summed E-state index contributed by atoms with van der Waals surface area (Å²) in [5.41, 5.74) is 0. The number of rotatable bonds is 3. The molecule has 0 unspecified atom stereocenters. The molecule has 5 heteroatoms. The molecule has 0 aromatic carbocycles. The molecule has 13 heavy (non-hydrogen) atoms. The van der Waals surface area contributed by atoms with E-state index in [0.717, 1.165) is 0 Å². The lowest BCUT2D eigenvalue weighted by atomic mass is 10.4. The summed E-state index contributed by atoms with van der Waals surface area (Å²) in [6.45, 7) is 3.27. The zero-order chi connectivity index (χ0) is 11.1. The Morgan fingerprint density at radius 3 is 1.08 bits per heavy atom. The Balaban J connectivity index is -0.000000125. The molecule has 0 fully saturated rings. The standard InChI is InChI=1S/C3H8O3.C3H8.C2H6O2/c4-1-3(6)2-5;1-3-2;3-1-2-4/h3-6H,1-2H2;3H2,1-2H3;3-4H,1-2H2. The van der Waals surface area contributed by atoms with Crippen molar-refractivity contribution in [1.29, 1.82) is 0 Å². The van der Waals surface area contributed by atoms with Crippen LogP contribution < -0.4 is 0 Å². The second-order valence-corrected chi connectivity index (χ2v) is 2.17. The number of hydrogen-bond acceptors (Lipinski definition) is 5. The monoisotopic (exact) mass is 198 g/mol. The molecule has 0 aromatic rings. The van der Waals surface area contributed by atoms with Crippen molar-refractivity contribution in [3.8, 4) is 0 Å². The summed E-state index contributed by atoms with van der Waals surface area (Å²) in [7, 11) is 0. The van der Waals surface area contributed by atoms with Gasteiger partial charge in [0, 0.05) is 0 Å². The van der Waals surface area contributed by atoms with Gasteiger partial charge in [-0.2, -0.15) is 0 Å². The fourth-order valence-electron chi connectivity index (χ4n) is 0.0577. The molecule has 0 radical (unpaired) electrons. The van der Waals surface area contributed by atoms with Crippen molar-refractivity contribution in [2.45, 2.75) is 26.4 Å². The molecule has 0 saturated carbocycles. The summed E-state index contributed by atoms with van der Waals surface area (Å²) in [5.74, 6) is 0. The van der Waals surface area contributed by atoms with Crippen LogP contribution in [-0.4, -0.2) is 58.1 Å². The van der Waals surface area contributed by atoms with E-state index in [1.807, 2.05) is 0 Å². The summed E-state index contributed by atoms with van der Waals surface area (Å²) in [6, 6.07) is 0. The molecule has 0 heterocycles. The van der Waals surface area contributed by atoms with E-state index in [0.29, 0.717) is 0 Å². The van der Waals surface area contributed by atoms with Crippen LogP contribution in [0.5, 0.6) is 0 Å². The Bertz CT molecular complexity index is 54.5. The predicted molar refractivity (Wildman–Crippen MR) is 50.3 cm³/mol. The van der Waals surface area contributed by atoms with Crippen LogP contribution in [0.1, 0.15) is 20.3 Å². The van der Waals surface area contributed by atoms with Crippen LogP contribution in [0, 0.1) is 0 Å². The first-order chi connectivity index (χ1) is 6.14. The molecule has 0 spiro atoms. The Kier molecular flexibility index (Phi) is 32.3. The smallest absolute Gasteiger partial charge is 0.100 e. The first kappa shape index (κ1) is 18.6. The van der Waals surface area contributed by atoms with Gasteiger partial charge < -0.3 is 25.5 Å². The molecule has 5 nitrogen and oxygen atoms in total. The molecule has 0 aliphatic heterocycles. The minimum absolute atomic E-state index is 0.125. The van der Waals surface area contributed by atoms with Gasteiger partial charge in [0.05, 0.1) is 26.4 Å². The maximum absolute atomic E-state index is 8.17. The highest BCUT2D eigenvalue weighted by molar-refractivity contribution is 4.43. The molecule has 0 aliphatic rings. The number of aliphatic hydroxyl groups is 5. The van der Waals surface area contributed by atoms with Crippen molar-refractivity contribution < 1.29 is 25.5 Å². The molecule has 0 saturated heterocycles. The summed E-state index contributed by atoms with van der Waals surface area (Å²) in [4.78, 5) is 0. The third-order valence-corrected chi connectivity index (χ3v) is 0.521. The van der Waals surface area contributed by atoms with E-state index in [9.17, 15) is 0 Å². The van der Waals surface area contributed by atoms with Crippen LogP contribution in [0.3, 0.4) is 0 Å². The van der Waals surface area contributed by atoms with Crippen LogP contribution in [0.4, 0.5) is 0 Å². The van der Waals surface area contributed by atoms with Crippen LogP contribution in [0.25, 0.3) is 0 Å². The van der Waals surface area contributed by atoms with Crippen LogP contribution in [-0.2, 0) is 0 Å². The largest absolute Gasteiger partial charge is 0.394 e. The Morgan fingerprint density at radius 2 is 1.08 bits per heavy atom. The van der Waals surface area contributed by atoms with Gasteiger partial charge in [-0.1, -0.05) is 20.3 Å². The first-order valence-corrected chi connectivity index (χ1v) is 4.25. The highest BCUT2D eigenvalue weighted by Crippen LogP contribution is 1.71. The maximum atomic E-state index is 8.17. The van der Waals surface area contributed by atoms with E-state index in [4.69, 9.17) is 25.5 Å². The lowest BCUT2D eigenvalue weighted by molar-refractivity contribution is 0.0450. The van der Waals surface area contributed by atoms with Gasteiger partial charge in [0.15, 0.2) is 0 Å². The zero-order valence-corrected chi connectivity index (χ0v) is 8.35. The highest BCUT2D eigenvalue weighted by Gasteiger charge is 1.93. The van der Waals surface area contributed by atoms with Crippen LogP contribution in [0.2, 0.25) is 0 Å². The van der Waals surface area contributed by atoms with E-state index in [2.05, 4.69) is 13.8 Å². The number of hydrogen-bond donors (Lipinski definition) is 5. The molecule has 0 amide bonds. The van der Waals surface area contributed by atoms with E-state index in [1.54, 1.807) is 0 Å².